The fraction of sp³-hybridized carbons (Fsp3) is 0.571. The van der Waals surface area contributed by atoms with E-state index in [1.807, 2.05) is 20.2 Å². The van der Waals surface area contributed by atoms with E-state index in [-0.39, 0.29) is 11.8 Å². The molecule has 19 heavy (non-hydrogen) atoms. The monoisotopic (exact) mass is 272 g/mol. The molecule has 0 radical (unpaired) electrons. The maximum absolute atomic E-state index is 12.2. The van der Waals surface area contributed by atoms with Crippen LogP contribution in [-0.2, 0) is 0 Å². The van der Waals surface area contributed by atoms with E-state index in [0.717, 1.165) is 25.1 Å². The second kappa shape index (κ2) is 8.07. The molecular weight excluding hydrogens is 250 g/mol. The minimum Gasteiger partial charge on any atom is -0.435 e. The van der Waals surface area contributed by atoms with Gasteiger partial charge >= 0.3 is 6.61 Å². The van der Waals surface area contributed by atoms with Crippen molar-refractivity contribution >= 4 is 0 Å². The van der Waals surface area contributed by atoms with Gasteiger partial charge in [0.05, 0.1) is 0 Å². The molecule has 0 amide bonds. The van der Waals surface area contributed by atoms with Crippen LogP contribution in [-0.4, -0.2) is 38.7 Å². The molecule has 1 rings (SSSR count). The van der Waals surface area contributed by atoms with Crippen LogP contribution >= 0.6 is 0 Å². The lowest BCUT2D eigenvalue weighted by molar-refractivity contribution is -0.0499. The Balaban J connectivity index is 2.62. The Morgan fingerprint density at radius 2 is 2.11 bits per heavy atom. The molecule has 1 aromatic carbocycles. The predicted octanol–water partition coefficient (Wildman–Crippen LogP) is 2.89. The summed E-state index contributed by atoms with van der Waals surface area (Å²) in [5, 5.41) is 3.10. The molecule has 5 heteroatoms. The van der Waals surface area contributed by atoms with Crippen LogP contribution in [0.1, 0.15) is 24.9 Å². The van der Waals surface area contributed by atoms with Gasteiger partial charge in [0.1, 0.15) is 5.75 Å². The van der Waals surface area contributed by atoms with E-state index in [0.29, 0.717) is 0 Å². The number of rotatable bonds is 8. The van der Waals surface area contributed by atoms with Gasteiger partial charge in [-0.05, 0) is 58.2 Å². The average Bonchev–Trinajstić information content (AvgIpc) is 2.37. The predicted molar refractivity (Wildman–Crippen MR) is 72.7 cm³/mol. The van der Waals surface area contributed by atoms with Crippen LogP contribution in [0.2, 0.25) is 0 Å². The van der Waals surface area contributed by atoms with Crippen molar-refractivity contribution in [2.75, 3.05) is 27.2 Å². The molecule has 0 aromatic heterocycles. The fourth-order valence-corrected chi connectivity index (χ4v) is 1.90. The Bertz CT molecular complexity index is 374. The first-order chi connectivity index (χ1) is 9.04. The Hall–Kier alpha value is -1.20. The summed E-state index contributed by atoms with van der Waals surface area (Å²) in [5.41, 5.74) is 0.977. The van der Waals surface area contributed by atoms with Crippen molar-refractivity contribution in [3.63, 3.8) is 0 Å². The molecule has 108 valence electrons. The zero-order chi connectivity index (χ0) is 14.3. The Morgan fingerprint density at radius 3 is 2.74 bits per heavy atom. The number of ether oxygens (including phenoxy) is 1. The third-order valence-corrected chi connectivity index (χ3v) is 3.16. The van der Waals surface area contributed by atoms with Gasteiger partial charge in [-0.15, -0.1) is 0 Å². The van der Waals surface area contributed by atoms with Crippen LogP contribution < -0.4 is 10.1 Å². The van der Waals surface area contributed by atoms with E-state index in [4.69, 9.17) is 0 Å². The third-order valence-electron chi connectivity index (χ3n) is 3.16. The van der Waals surface area contributed by atoms with Crippen molar-refractivity contribution in [3.05, 3.63) is 29.8 Å². The number of nitrogens with one attached hydrogen (secondary N) is 1. The van der Waals surface area contributed by atoms with Gasteiger partial charge in [0.15, 0.2) is 0 Å². The van der Waals surface area contributed by atoms with Gasteiger partial charge in [-0.25, -0.2) is 0 Å². The molecule has 0 heterocycles. The fourth-order valence-electron chi connectivity index (χ4n) is 1.90. The first kappa shape index (κ1) is 15.9. The molecule has 0 fully saturated rings. The maximum atomic E-state index is 12.2. The maximum Gasteiger partial charge on any atom is 0.387 e. The number of alkyl halides is 2. The van der Waals surface area contributed by atoms with E-state index >= 15 is 0 Å². The van der Waals surface area contributed by atoms with Crippen molar-refractivity contribution in [2.24, 2.45) is 0 Å². The summed E-state index contributed by atoms with van der Waals surface area (Å²) >= 11 is 0. The van der Waals surface area contributed by atoms with Gasteiger partial charge < -0.3 is 10.1 Å². The van der Waals surface area contributed by atoms with Gasteiger partial charge in [-0.1, -0.05) is 12.1 Å². The van der Waals surface area contributed by atoms with Gasteiger partial charge in [0.25, 0.3) is 0 Å². The first-order valence-corrected chi connectivity index (χ1v) is 6.44. The van der Waals surface area contributed by atoms with Crippen LogP contribution in [0, 0.1) is 0 Å². The van der Waals surface area contributed by atoms with Crippen molar-refractivity contribution in [3.8, 4) is 5.75 Å². The standard InChI is InChI=1S/C14H22F2N2O/c1-11(18(3)9-5-8-17-2)12-6-4-7-13(10-12)19-14(15)16/h4,6-7,10-11,14,17H,5,8-9H2,1-3H3. The van der Waals surface area contributed by atoms with E-state index in [9.17, 15) is 8.78 Å². The first-order valence-electron chi connectivity index (χ1n) is 6.44. The van der Waals surface area contributed by atoms with E-state index < -0.39 is 6.61 Å². The van der Waals surface area contributed by atoms with Crippen LogP contribution in [0.15, 0.2) is 24.3 Å². The van der Waals surface area contributed by atoms with Crippen LogP contribution in [0.3, 0.4) is 0 Å². The van der Waals surface area contributed by atoms with Gasteiger partial charge in [-0.3, -0.25) is 4.90 Å². The van der Waals surface area contributed by atoms with Gasteiger partial charge in [0, 0.05) is 6.04 Å². The Labute approximate surface area is 113 Å². The number of hydrogen-bond donors (Lipinski definition) is 1. The summed E-state index contributed by atoms with van der Waals surface area (Å²) < 4.78 is 28.8. The molecule has 0 aliphatic rings. The summed E-state index contributed by atoms with van der Waals surface area (Å²) in [5.74, 6) is 0.211. The summed E-state index contributed by atoms with van der Waals surface area (Å²) in [6, 6.07) is 7.05. The second-order valence-electron chi connectivity index (χ2n) is 4.56. The molecule has 1 atom stereocenters. The molecule has 0 aliphatic carbocycles. The lowest BCUT2D eigenvalue weighted by Crippen LogP contribution is -2.25. The minimum absolute atomic E-state index is 0.165. The highest BCUT2D eigenvalue weighted by Gasteiger charge is 2.13. The normalized spacial score (nSPS) is 13.0. The highest BCUT2D eigenvalue weighted by Crippen LogP contribution is 2.24. The highest BCUT2D eigenvalue weighted by atomic mass is 19.3. The zero-order valence-electron chi connectivity index (χ0n) is 11.7. The average molecular weight is 272 g/mol. The molecule has 0 saturated heterocycles. The zero-order valence-corrected chi connectivity index (χ0v) is 11.7. The molecule has 0 saturated carbocycles. The SMILES string of the molecule is CNCCCN(C)C(C)c1cccc(OC(F)F)c1. The largest absolute Gasteiger partial charge is 0.435 e. The summed E-state index contributed by atoms with van der Waals surface area (Å²) in [7, 11) is 3.95. The Morgan fingerprint density at radius 1 is 1.37 bits per heavy atom. The molecule has 0 aliphatic heterocycles. The molecule has 1 N–H and O–H groups in total. The summed E-state index contributed by atoms with van der Waals surface area (Å²) in [6.45, 7) is 1.19. The molecule has 1 aromatic rings. The van der Waals surface area contributed by atoms with Crippen molar-refractivity contribution in [2.45, 2.75) is 26.0 Å². The summed E-state index contributed by atoms with van der Waals surface area (Å²) in [6.07, 6.45) is 1.05. The number of benzene rings is 1. The second-order valence-corrected chi connectivity index (χ2v) is 4.56. The molecule has 0 bridgehead atoms. The minimum atomic E-state index is -2.78. The van der Waals surface area contributed by atoms with Crippen molar-refractivity contribution in [1.82, 2.24) is 10.2 Å². The Kier molecular flexibility index (Phi) is 6.73. The quantitative estimate of drug-likeness (QED) is 0.736. The highest BCUT2D eigenvalue weighted by molar-refractivity contribution is 5.30. The van der Waals surface area contributed by atoms with Crippen LogP contribution in [0.25, 0.3) is 0 Å². The van der Waals surface area contributed by atoms with Crippen LogP contribution in [0.4, 0.5) is 8.78 Å². The lowest BCUT2D eigenvalue weighted by Gasteiger charge is -2.25. The number of halogens is 2. The van der Waals surface area contributed by atoms with Gasteiger partial charge in [0.2, 0.25) is 0 Å². The topological polar surface area (TPSA) is 24.5 Å². The number of hydrogen-bond acceptors (Lipinski definition) is 3. The molecule has 1 unspecified atom stereocenters. The molecule has 3 nitrogen and oxygen atoms in total. The van der Waals surface area contributed by atoms with E-state index in [2.05, 4.69) is 21.9 Å². The number of nitrogens with zero attached hydrogens (tertiary/aromatic N) is 1. The lowest BCUT2D eigenvalue weighted by atomic mass is 10.1. The smallest absolute Gasteiger partial charge is 0.387 e. The van der Waals surface area contributed by atoms with Gasteiger partial charge in [-0.2, -0.15) is 8.78 Å². The van der Waals surface area contributed by atoms with Crippen molar-refractivity contribution < 1.29 is 13.5 Å². The van der Waals surface area contributed by atoms with Crippen molar-refractivity contribution in [1.29, 1.82) is 0 Å². The van der Waals surface area contributed by atoms with E-state index in [1.165, 1.54) is 0 Å². The molecule has 0 spiro atoms. The summed E-state index contributed by atoms with van der Waals surface area (Å²) in [4.78, 5) is 2.19. The third kappa shape index (κ3) is 5.53. The van der Waals surface area contributed by atoms with Crippen LogP contribution in [0.5, 0.6) is 5.75 Å². The molecular formula is C14H22F2N2O. The van der Waals surface area contributed by atoms with E-state index in [1.54, 1.807) is 18.2 Å².